The first-order valence-corrected chi connectivity index (χ1v) is 6.73. The third-order valence-corrected chi connectivity index (χ3v) is 3.14. The topological polar surface area (TPSA) is 21.3 Å². The lowest BCUT2D eigenvalue weighted by molar-refractivity contribution is 0.149. The third kappa shape index (κ3) is 5.25. The van der Waals surface area contributed by atoms with Crippen LogP contribution in [0.25, 0.3) is 0 Å². The van der Waals surface area contributed by atoms with Gasteiger partial charge in [0.05, 0.1) is 0 Å². The highest BCUT2D eigenvalue weighted by Crippen LogP contribution is 2.17. The van der Waals surface area contributed by atoms with Crippen LogP contribution in [0.1, 0.15) is 25.8 Å². The summed E-state index contributed by atoms with van der Waals surface area (Å²) in [5.74, 6) is -0.589. The van der Waals surface area contributed by atoms with Crippen LogP contribution in [-0.4, -0.2) is 26.3 Å². The van der Waals surface area contributed by atoms with E-state index in [1.165, 1.54) is 18.2 Å². The van der Waals surface area contributed by atoms with Gasteiger partial charge in [0.2, 0.25) is 0 Å². The highest BCUT2D eigenvalue weighted by Gasteiger charge is 2.17. The molecule has 0 aromatic heterocycles. The van der Waals surface area contributed by atoms with Gasteiger partial charge in [0, 0.05) is 25.3 Å². The summed E-state index contributed by atoms with van der Waals surface area (Å²) in [6, 6.07) is 4.06. The van der Waals surface area contributed by atoms with E-state index in [2.05, 4.69) is 12.2 Å². The molecule has 0 aliphatic carbocycles. The lowest BCUT2D eigenvalue weighted by Gasteiger charge is -2.22. The van der Waals surface area contributed by atoms with Crippen molar-refractivity contribution in [1.82, 2.24) is 5.32 Å². The minimum atomic E-state index is -0.470. The number of nitrogens with one attached hydrogen (secondary N) is 1. The molecule has 1 N–H and O–H groups in total. The zero-order valence-corrected chi connectivity index (χ0v) is 11.9. The fourth-order valence-electron chi connectivity index (χ4n) is 2.34. The Hall–Kier alpha value is -1.00. The maximum Gasteiger partial charge on any atom is 0.129 e. The summed E-state index contributed by atoms with van der Waals surface area (Å²) >= 11 is 0. The van der Waals surface area contributed by atoms with Crippen molar-refractivity contribution in [1.29, 1.82) is 0 Å². The van der Waals surface area contributed by atoms with Crippen molar-refractivity contribution >= 4 is 0 Å². The molecule has 0 aliphatic rings. The second-order valence-electron chi connectivity index (χ2n) is 4.96. The Morgan fingerprint density at radius 2 is 1.89 bits per heavy atom. The second kappa shape index (κ2) is 8.23. The molecule has 2 unspecified atom stereocenters. The first kappa shape index (κ1) is 16.1. The summed E-state index contributed by atoms with van der Waals surface area (Å²) < 4.78 is 32.4. The molecule has 0 heterocycles. The van der Waals surface area contributed by atoms with Gasteiger partial charge in [-0.3, -0.25) is 0 Å². The van der Waals surface area contributed by atoms with E-state index >= 15 is 0 Å². The van der Waals surface area contributed by atoms with Crippen molar-refractivity contribution in [2.75, 3.05) is 20.3 Å². The van der Waals surface area contributed by atoms with Crippen LogP contribution in [0.4, 0.5) is 8.78 Å². The fourth-order valence-corrected chi connectivity index (χ4v) is 2.34. The van der Waals surface area contributed by atoms with Crippen LogP contribution in [0.5, 0.6) is 0 Å². The van der Waals surface area contributed by atoms with E-state index in [9.17, 15) is 8.78 Å². The molecule has 0 aliphatic heterocycles. The molecule has 1 aromatic rings. The zero-order valence-electron chi connectivity index (χ0n) is 11.9. The average molecular weight is 271 g/mol. The summed E-state index contributed by atoms with van der Waals surface area (Å²) in [5, 5.41) is 3.29. The predicted molar refractivity (Wildman–Crippen MR) is 73.2 cm³/mol. The minimum absolute atomic E-state index is 0.0570. The summed E-state index contributed by atoms with van der Waals surface area (Å²) in [4.78, 5) is 0. The van der Waals surface area contributed by atoms with Crippen molar-refractivity contribution in [3.63, 3.8) is 0 Å². The largest absolute Gasteiger partial charge is 0.384 e. The molecule has 0 spiro atoms. The van der Waals surface area contributed by atoms with Gasteiger partial charge in [-0.15, -0.1) is 0 Å². The first-order chi connectivity index (χ1) is 9.08. The van der Waals surface area contributed by atoms with Crippen molar-refractivity contribution < 1.29 is 13.5 Å². The van der Waals surface area contributed by atoms with E-state index in [0.717, 1.165) is 13.0 Å². The molecule has 2 nitrogen and oxygen atoms in total. The molecule has 4 heteroatoms. The molecule has 0 saturated carbocycles. The molecule has 0 amide bonds. The second-order valence-corrected chi connectivity index (χ2v) is 4.96. The highest BCUT2D eigenvalue weighted by atomic mass is 19.1. The van der Waals surface area contributed by atoms with Crippen molar-refractivity contribution in [3.05, 3.63) is 35.4 Å². The van der Waals surface area contributed by atoms with Gasteiger partial charge in [-0.05, 0) is 37.4 Å². The van der Waals surface area contributed by atoms with Gasteiger partial charge < -0.3 is 10.1 Å². The van der Waals surface area contributed by atoms with Crippen LogP contribution in [0.3, 0.4) is 0 Å². The summed E-state index contributed by atoms with van der Waals surface area (Å²) in [5.41, 5.74) is 0.165. The van der Waals surface area contributed by atoms with Gasteiger partial charge in [-0.25, -0.2) is 8.78 Å². The van der Waals surface area contributed by atoms with Gasteiger partial charge in [0.25, 0.3) is 0 Å². The Bertz CT molecular complexity index is 364. The molecule has 0 radical (unpaired) electrons. The summed E-state index contributed by atoms with van der Waals surface area (Å²) in [7, 11) is 1.66. The Morgan fingerprint density at radius 3 is 2.42 bits per heavy atom. The van der Waals surface area contributed by atoms with E-state index in [1.807, 2.05) is 6.92 Å². The average Bonchev–Trinajstić information content (AvgIpc) is 2.34. The number of rotatable bonds is 8. The van der Waals surface area contributed by atoms with Crippen LogP contribution in [0.15, 0.2) is 18.2 Å². The molecule has 19 heavy (non-hydrogen) atoms. The molecular formula is C15H23F2NO. The lowest BCUT2D eigenvalue weighted by Crippen LogP contribution is -2.34. The molecule has 0 saturated heterocycles. The Kier molecular flexibility index (Phi) is 6.95. The van der Waals surface area contributed by atoms with Gasteiger partial charge >= 0.3 is 0 Å². The molecule has 1 rings (SSSR count). The molecule has 2 atom stereocenters. The number of hydrogen-bond acceptors (Lipinski definition) is 2. The highest BCUT2D eigenvalue weighted by molar-refractivity contribution is 5.20. The predicted octanol–water partition coefficient (Wildman–Crippen LogP) is 3.16. The van der Waals surface area contributed by atoms with Gasteiger partial charge in [0.1, 0.15) is 11.6 Å². The van der Waals surface area contributed by atoms with Crippen LogP contribution >= 0.6 is 0 Å². The lowest BCUT2D eigenvalue weighted by atomic mass is 9.96. The van der Waals surface area contributed by atoms with Gasteiger partial charge in [-0.2, -0.15) is 0 Å². The smallest absolute Gasteiger partial charge is 0.129 e. The molecule has 108 valence electrons. The van der Waals surface area contributed by atoms with Gasteiger partial charge in [-0.1, -0.05) is 19.9 Å². The fraction of sp³-hybridized carbons (Fsp3) is 0.600. The Morgan fingerprint density at radius 1 is 1.26 bits per heavy atom. The first-order valence-electron chi connectivity index (χ1n) is 6.73. The normalized spacial score (nSPS) is 14.4. The Balaban J connectivity index is 2.72. The monoisotopic (exact) mass is 271 g/mol. The number of halogens is 2. The quantitative estimate of drug-likeness (QED) is 0.784. The number of ether oxygens (including phenoxy) is 1. The number of methoxy groups -OCH3 is 1. The van der Waals surface area contributed by atoms with Crippen LogP contribution in [0, 0.1) is 17.6 Å². The van der Waals surface area contributed by atoms with E-state index in [4.69, 9.17) is 4.74 Å². The maximum atomic E-state index is 13.6. The third-order valence-electron chi connectivity index (χ3n) is 3.14. The number of likely N-dealkylation sites (N-methyl/N-ethyl adjacent to an activating group) is 1. The van der Waals surface area contributed by atoms with E-state index < -0.39 is 11.6 Å². The van der Waals surface area contributed by atoms with Crippen LogP contribution in [-0.2, 0) is 11.2 Å². The van der Waals surface area contributed by atoms with Gasteiger partial charge in [0.15, 0.2) is 0 Å². The molecule has 0 bridgehead atoms. The minimum Gasteiger partial charge on any atom is -0.384 e. The number of hydrogen-bond donors (Lipinski definition) is 1. The maximum absolute atomic E-state index is 13.6. The van der Waals surface area contributed by atoms with E-state index in [0.29, 0.717) is 18.9 Å². The van der Waals surface area contributed by atoms with E-state index in [1.54, 1.807) is 7.11 Å². The van der Waals surface area contributed by atoms with Crippen LogP contribution < -0.4 is 5.32 Å². The van der Waals surface area contributed by atoms with Crippen molar-refractivity contribution in [2.24, 2.45) is 5.92 Å². The molecule has 0 fully saturated rings. The van der Waals surface area contributed by atoms with Crippen molar-refractivity contribution in [3.8, 4) is 0 Å². The van der Waals surface area contributed by atoms with Crippen LogP contribution in [0.2, 0.25) is 0 Å². The Labute approximate surface area is 114 Å². The van der Waals surface area contributed by atoms with E-state index in [-0.39, 0.29) is 11.6 Å². The number of benzene rings is 1. The summed E-state index contributed by atoms with van der Waals surface area (Å²) in [6.45, 7) is 5.50. The standard InChI is InChI=1S/C15H23F2NO/c1-4-18-12(8-11(2)10-19-3)9-13-14(16)6-5-7-15(13)17/h5-7,11-12,18H,4,8-10H2,1-3H3. The zero-order chi connectivity index (χ0) is 14.3. The SMILES string of the molecule is CCNC(Cc1c(F)cccc1F)CC(C)COC. The van der Waals surface area contributed by atoms with Crippen molar-refractivity contribution in [2.45, 2.75) is 32.7 Å². The molecular weight excluding hydrogens is 248 g/mol. The summed E-state index contributed by atoms with van der Waals surface area (Å²) in [6.07, 6.45) is 1.19. The molecule has 1 aromatic carbocycles.